The van der Waals surface area contributed by atoms with Crippen molar-refractivity contribution in [2.45, 2.75) is 26.3 Å². The van der Waals surface area contributed by atoms with Crippen LogP contribution in [0.5, 0.6) is 0 Å². The Morgan fingerprint density at radius 3 is 3.09 bits per heavy atom. The second-order valence-corrected chi connectivity index (χ2v) is 3.41. The number of rotatable bonds is 0. The second-order valence-electron chi connectivity index (χ2n) is 3.41. The zero-order chi connectivity index (χ0) is 7.84. The SMILES string of the molecule is Cc1ccc2c(c1)CC(C)N2. The summed E-state index contributed by atoms with van der Waals surface area (Å²) in [6.45, 7) is 4.36. The van der Waals surface area contributed by atoms with Gasteiger partial charge in [0.05, 0.1) is 0 Å². The summed E-state index contributed by atoms with van der Waals surface area (Å²) in [4.78, 5) is 0. The number of fused-ring (bicyclic) bond motifs is 1. The van der Waals surface area contributed by atoms with Gasteiger partial charge in [0, 0.05) is 11.7 Å². The van der Waals surface area contributed by atoms with Crippen LogP contribution in [-0.4, -0.2) is 6.04 Å². The Hall–Kier alpha value is -0.980. The van der Waals surface area contributed by atoms with Crippen molar-refractivity contribution in [3.05, 3.63) is 29.3 Å². The van der Waals surface area contributed by atoms with Crippen molar-refractivity contribution in [1.29, 1.82) is 0 Å². The first-order valence-electron chi connectivity index (χ1n) is 4.12. The van der Waals surface area contributed by atoms with E-state index >= 15 is 0 Å². The lowest BCUT2D eigenvalue weighted by atomic mass is 10.1. The highest BCUT2D eigenvalue weighted by Crippen LogP contribution is 2.25. The minimum Gasteiger partial charge on any atom is -0.382 e. The molecule has 0 spiro atoms. The third-order valence-corrected chi connectivity index (χ3v) is 2.19. The van der Waals surface area contributed by atoms with Gasteiger partial charge >= 0.3 is 0 Å². The van der Waals surface area contributed by atoms with Gasteiger partial charge in [0.25, 0.3) is 0 Å². The molecule has 0 bridgehead atoms. The first kappa shape index (κ1) is 6.71. The smallest absolute Gasteiger partial charge is 0.0375 e. The van der Waals surface area contributed by atoms with Crippen LogP contribution in [0.2, 0.25) is 0 Å². The van der Waals surface area contributed by atoms with Crippen LogP contribution in [0.15, 0.2) is 18.2 Å². The normalized spacial score (nSPS) is 21.1. The van der Waals surface area contributed by atoms with Gasteiger partial charge in [-0.1, -0.05) is 17.7 Å². The van der Waals surface area contributed by atoms with E-state index in [0.29, 0.717) is 6.04 Å². The predicted octanol–water partition coefficient (Wildman–Crippen LogP) is 2.35. The molecule has 1 aromatic rings. The molecular formula is C10H13N. The molecular weight excluding hydrogens is 134 g/mol. The van der Waals surface area contributed by atoms with Crippen LogP contribution in [0, 0.1) is 6.92 Å². The number of anilines is 1. The maximum atomic E-state index is 3.42. The minimum atomic E-state index is 0.617. The van der Waals surface area contributed by atoms with E-state index in [1.165, 1.54) is 23.2 Å². The molecule has 58 valence electrons. The van der Waals surface area contributed by atoms with Crippen molar-refractivity contribution < 1.29 is 0 Å². The standard InChI is InChI=1S/C10H13N/c1-7-3-4-10-9(5-7)6-8(2)11-10/h3-5,8,11H,6H2,1-2H3. The van der Waals surface area contributed by atoms with Crippen molar-refractivity contribution in [3.63, 3.8) is 0 Å². The molecule has 1 nitrogen and oxygen atoms in total. The molecule has 1 unspecified atom stereocenters. The van der Waals surface area contributed by atoms with E-state index in [1.54, 1.807) is 0 Å². The lowest BCUT2D eigenvalue weighted by molar-refractivity contribution is 0.839. The quantitative estimate of drug-likeness (QED) is 0.594. The third-order valence-electron chi connectivity index (χ3n) is 2.19. The average molecular weight is 147 g/mol. The van der Waals surface area contributed by atoms with Crippen LogP contribution >= 0.6 is 0 Å². The van der Waals surface area contributed by atoms with E-state index in [4.69, 9.17) is 0 Å². The fraction of sp³-hybridized carbons (Fsp3) is 0.400. The first-order valence-corrected chi connectivity index (χ1v) is 4.12. The molecule has 1 heterocycles. The highest BCUT2D eigenvalue weighted by atomic mass is 14.9. The van der Waals surface area contributed by atoms with Crippen molar-refractivity contribution in [3.8, 4) is 0 Å². The van der Waals surface area contributed by atoms with Crippen LogP contribution in [0.1, 0.15) is 18.1 Å². The Morgan fingerprint density at radius 2 is 2.27 bits per heavy atom. The van der Waals surface area contributed by atoms with Gasteiger partial charge in [-0.05, 0) is 31.9 Å². The van der Waals surface area contributed by atoms with E-state index < -0.39 is 0 Å². The summed E-state index contributed by atoms with van der Waals surface area (Å²) in [5, 5.41) is 3.42. The number of nitrogens with one attached hydrogen (secondary N) is 1. The van der Waals surface area contributed by atoms with Crippen LogP contribution in [0.25, 0.3) is 0 Å². The molecule has 1 aliphatic heterocycles. The van der Waals surface area contributed by atoms with E-state index in [0.717, 1.165) is 0 Å². The predicted molar refractivity (Wildman–Crippen MR) is 48.0 cm³/mol. The number of hydrogen-bond acceptors (Lipinski definition) is 1. The largest absolute Gasteiger partial charge is 0.382 e. The molecule has 1 aromatic carbocycles. The second kappa shape index (κ2) is 2.26. The molecule has 0 aliphatic carbocycles. The van der Waals surface area contributed by atoms with Crippen molar-refractivity contribution in [1.82, 2.24) is 0 Å². The Kier molecular flexibility index (Phi) is 1.38. The van der Waals surface area contributed by atoms with Crippen molar-refractivity contribution in [2.75, 3.05) is 5.32 Å². The summed E-state index contributed by atoms with van der Waals surface area (Å²) < 4.78 is 0. The average Bonchev–Trinajstić information content (AvgIpc) is 2.27. The third kappa shape index (κ3) is 1.11. The molecule has 0 fully saturated rings. The summed E-state index contributed by atoms with van der Waals surface area (Å²) in [6.07, 6.45) is 1.18. The van der Waals surface area contributed by atoms with E-state index in [-0.39, 0.29) is 0 Å². The van der Waals surface area contributed by atoms with Gasteiger partial charge in [-0.2, -0.15) is 0 Å². The topological polar surface area (TPSA) is 12.0 Å². The van der Waals surface area contributed by atoms with Gasteiger partial charge in [0.1, 0.15) is 0 Å². The number of aryl methyl sites for hydroxylation is 1. The van der Waals surface area contributed by atoms with Crippen LogP contribution < -0.4 is 5.32 Å². The molecule has 0 amide bonds. The van der Waals surface area contributed by atoms with E-state index in [9.17, 15) is 0 Å². The van der Waals surface area contributed by atoms with Gasteiger partial charge in [-0.15, -0.1) is 0 Å². The summed E-state index contributed by atoms with van der Waals surface area (Å²) in [5.74, 6) is 0. The molecule has 0 aromatic heterocycles. The maximum absolute atomic E-state index is 3.42. The lowest BCUT2D eigenvalue weighted by Gasteiger charge is -2.01. The zero-order valence-electron chi connectivity index (χ0n) is 7.02. The Bertz CT molecular complexity index is 278. The van der Waals surface area contributed by atoms with Gasteiger partial charge < -0.3 is 5.32 Å². The monoisotopic (exact) mass is 147 g/mol. The Labute approximate surface area is 67.4 Å². The molecule has 2 rings (SSSR count). The Balaban J connectivity index is 2.43. The van der Waals surface area contributed by atoms with Crippen molar-refractivity contribution >= 4 is 5.69 Å². The summed E-state index contributed by atoms with van der Waals surface area (Å²) >= 11 is 0. The summed E-state index contributed by atoms with van der Waals surface area (Å²) in [6, 6.07) is 7.22. The highest BCUT2D eigenvalue weighted by Gasteiger charge is 2.15. The van der Waals surface area contributed by atoms with E-state index in [1.807, 2.05) is 0 Å². The molecule has 0 radical (unpaired) electrons. The minimum absolute atomic E-state index is 0.617. The molecule has 0 saturated heterocycles. The summed E-state index contributed by atoms with van der Waals surface area (Å²) in [5.41, 5.74) is 4.15. The molecule has 11 heavy (non-hydrogen) atoms. The number of benzene rings is 1. The fourth-order valence-electron chi connectivity index (χ4n) is 1.68. The van der Waals surface area contributed by atoms with Gasteiger partial charge in [0.15, 0.2) is 0 Å². The van der Waals surface area contributed by atoms with E-state index in [2.05, 4.69) is 37.4 Å². The van der Waals surface area contributed by atoms with Crippen molar-refractivity contribution in [2.24, 2.45) is 0 Å². The lowest BCUT2D eigenvalue weighted by Crippen LogP contribution is -2.08. The summed E-state index contributed by atoms with van der Waals surface area (Å²) in [7, 11) is 0. The first-order chi connectivity index (χ1) is 5.25. The molecule has 0 saturated carbocycles. The van der Waals surface area contributed by atoms with Crippen LogP contribution in [0.4, 0.5) is 5.69 Å². The molecule has 1 atom stereocenters. The molecule has 1 aliphatic rings. The fourth-order valence-corrected chi connectivity index (χ4v) is 1.68. The van der Waals surface area contributed by atoms with Gasteiger partial charge in [-0.25, -0.2) is 0 Å². The van der Waals surface area contributed by atoms with Crippen LogP contribution in [0.3, 0.4) is 0 Å². The van der Waals surface area contributed by atoms with Crippen LogP contribution in [-0.2, 0) is 6.42 Å². The van der Waals surface area contributed by atoms with Gasteiger partial charge in [0.2, 0.25) is 0 Å². The van der Waals surface area contributed by atoms with Gasteiger partial charge in [-0.3, -0.25) is 0 Å². The number of hydrogen-bond donors (Lipinski definition) is 1. The molecule has 1 heteroatoms. The maximum Gasteiger partial charge on any atom is 0.0375 e. The molecule has 1 N–H and O–H groups in total. The highest BCUT2D eigenvalue weighted by molar-refractivity contribution is 5.57. The Morgan fingerprint density at radius 1 is 1.45 bits per heavy atom. The zero-order valence-corrected chi connectivity index (χ0v) is 7.02.